The van der Waals surface area contributed by atoms with Crippen LogP contribution in [0.15, 0.2) is 23.1 Å². The number of benzene rings is 1. The minimum Gasteiger partial charge on any atom is -0.379 e. The number of nitrogens with one attached hydrogen (secondary N) is 1. The summed E-state index contributed by atoms with van der Waals surface area (Å²) in [5, 5.41) is 2.99. The summed E-state index contributed by atoms with van der Waals surface area (Å²) in [7, 11) is -1.59. The lowest BCUT2D eigenvalue weighted by Crippen LogP contribution is -2.38. The second-order valence-electron chi connectivity index (χ2n) is 8.86. The number of morpholine rings is 1. The van der Waals surface area contributed by atoms with Crippen LogP contribution in [0.3, 0.4) is 0 Å². The Morgan fingerprint density at radius 3 is 2.64 bits per heavy atom. The first-order valence-electron chi connectivity index (χ1n) is 12.0. The van der Waals surface area contributed by atoms with E-state index in [4.69, 9.17) is 4.74 Å². The highest BCUT2D eigenvalue weighted by molar-refractivity contribution is 7.89. The minimum absolute atomic E-state index is 0.0115. The summed E-state index contributed by atoms with van der Waals surface area (Å²) in [4.78, 5) is 19.6. The molecule has 0 spiro atoms. The van der Waals surface area contributed by atoms with Crippen LogP contribution in [0.25, 0.3) is 11.0 Å². The largest absolute Gasteiger partial charge is 0.379 e. The lowest BCUT2D eigenvalue weighted by molar-refractivity contribution is -0.121. The summed E-state index contributed by atoms with van der Waals surface area (Å²) in [6.45, 7) is 6.29. The van der Waals surface area contributed by atoms with Crippen molar-refractivity contribution in [1.29, 1.82) is 0 Å². The molecule has 0 aliphatic carbocycles. The summed E-state index contributed by atoms with van der Waals surface area (Å²) in [5.41, 5.74) is 1.52. The van der Waals surface area contributed by atoms with E-state index < -0.39 is 10.0 Å². The standard InChI is InChI=1S/C23H35N5O4S/c1-26-21-7-6-19(33(30,31)28-12-3-2-4-13-28)18-20(21)25-22(26)8-9-23(29)24-10-5-11-27-14-16-32-17-15-27/h6-7,18H,2-5,8-17H2,1H3,(H,24,29). The number of carbonyl (C=O) groups excluding carboxylic acids is 1. The van der Waals surface area contributed by atoms with Crippen molar-refractivity contribution < 1.29 is 17.9 Å². The third kappa shape index (κ3) is 5.92. The fraction of sp³-hybridized carbons (Fsp3) is 0.652. The molecule has 0 unspecified atom stereocenters. The number of aromatic nitrogens is 2. The van der Waals surface area contributed by atoms with Crippen LogP contribution >= 0.6 is 0 Å². The number of piperidine rings is 1. The van der Waals surface area contributed by atoms with Gasteiger partial charge in [-0.1, -0.05) is 6.42 Å². The van der Waals surface area contributed by atoms with E-state index in [2.05, 4.69) is 15.2 Å². The van der Waals surface area contributed by atoms with Crippen molar-refractivity contribution in [2.75, 3.05) is 52.5 Å². The summed E-state index contributed by atoms with van der Waals surface area (Å²) in [6.07, 6.45) is 4.68. The van der Waals surface area contributed by atoms with Gasteiger partial charge in [-0.3, -0.25) is 9.69 Å². The van der Waals surface area contributed by atoms with Crippen molar-refractivity contribution in [3.05, 3.63) is 24.0 Å². The Kier molecular flexibility index (Phi) is 8.00. The summed E-state index contributed by atoms with van der Waals surface area (Å²) in [6, 6.07) is 5.14. The first kappa shape index (κ1) is 24.1. The molecule has 9 nitrogen and oxygen atoms in total. The van der Waals surface area contributed by atoms with Gasteiger partial charge in [0.15, 0.2) is 0 Å². The number of ether oxygens (including phenoxy) is 1. The molecule has 33 heavy (non-hydrogen) atoms. The molecule has 1 N–H and O–H groups in total. The molecule has 2 aromatic rings. The first-order valence-corrected chi connectivity index (χ1v) is 13.4. The fourth-order valence-corrected chi connectivity index (χ4v) is 6.07. The van der Waals surface area contributed by atoms with Gasteiger partial charge < -0.3 is 14.6 Å². The Labute approximate surface area is 196 Å². The molecule has 0 bridgehead atoms. The van der Waals surface area contributed by atoms with Crippen molar-refractivity contribution in [3.63, 3.8) is 0 Å². The van der Waals surface area contributed by atoms with Gasteiger partial charge in [-0.05, 0) is 44.0 Å². The van der Waals surface area contributed by atoms with Crippen LogP contribution in [-0.2, 0) is 33.0 Å². The van der Waals surface area contributed by atoms with Gasteiger partial charge in [-0.2, -0.15) is 4.31 Å². The lowest BCUT2D eigenvalue weighted by atomic mass is 10.2. The van der Waals surface area contributed by atoms with E-state index >= 15 is 0 Å². The number of hydrogen-bond acceptors (Lipinski definition) is 6. The molecule has 1 aromatic heterocycles. The van der Waals surface area contributed by atoms with E-state index in [0.717, 1.165) is 69.9 Å². The van der Waals surface area contributed by atoms with Crippen LogP contribution in [0.1, 0.15) is 37.9 Å². The zero-order valence-electron chi connectivity index (χ0n) is 19.5. The lowest BCUT2D eigenvalue weighted by Gasteiger charge is -2.26. The smallest absolute Gasteiger partial charge is 0.243 e. The molecule has 0 saturated carbocycles. The van der Waals surface area contributed by atoms with Crippen LogP contribution in [0.4, 0.5) is 0 Å². The van der Waals surface area contributed by atoms with E-state index in [9.17, 15) is 13.2 Å². The van der Waals surface area contributed by atoms with E-state index in [1.807, 2.05) is 17.7 Å². The van der Waals surface area contributed by atoms with Gasteiger partial charge >= 0.3 is 0 Å². The number of nitrogens with zero attached hydrogens (tertiary/aromatic N) is 4. The minimum atomic E-state index is -3.49. The molecular formula is C23H35N5O4S. The highest BCUT2D eigenvalue weighted by atomic mass is 32.2. The number of amides is 1. The molecular weight excluding hydrogens is 442 g/mol. The topological polar surface area (TPSA) is 96.8 Å². The van der Waals surface area contributed by atoms with Crippen LogP contribution in [-0.4, -0.2) is 85.6 Å². The van der Waals surface area contributed by atoms with Crippen LogP contribution in [0.5, 0.6) is 0 Å². The van der Waals surface area contributed by atoms with E-state index in [1.54, 1.807) is 16.4 Å². The van der Waals surface area contributed by atoms with E-state index in [-0.39, 0.29) is 5.91 Å². The normalized spacial score (nSPS) is 18.6. The Bertz CT molecular complexity index is 1060. The Balaban J connectivity index is 1.31. The molecule has 2 fully saturated rings. The average molecular weight is 478 g/mol. The van der Waals surface area contributed by atoms with Crippen molar-refractivity contribution in [1.82, 2.24) is 24.1 Å². The fourth-order valence-electron chi connectivity index (χ4n) is 4.54. The average Bonchev–Trinajstić information content (AvgIpc) is 3.16. The maximum Gasteiger partial charge on any atom is 0.243 e. The number of aryl methyl sites for hydroxylation is 2. The van der Waals surface area contributed by atoms with E-state index in [1.165, 1.54) is 0 Å². The number of hydrogen-bond donors (Lipinski definition) is 1. The molecule has 1 aromatic carbocycles. The van der Waals surface area contributed by atoms with Crippen LogP contribution in [0, 0.1) is 0 Å². The van der Waals surface area contributed by atoms with Gasteiger partial charge in [0.25, 0.3) is 0 Å². The van der Waals surface area contributed by atoms with Gasteiger partial charge in [0.2, 0.25) is 15.9 Å². The summed E-state index contributed by atoms with van der Waals surface area (Å²) in [5.74, 6) is 0.790. The van der Waals surface area contributed by atoms with Gasteiger partial charge in [0.1, 0.15) is 5.82 Å². The zero-order chi connectivity index (χ0) is 23.3. The van der Waals surface area contributed by atoms with Crippen LogP contribution < -0.4 is 5.32 Å². The number of carbonyl (C=O) groups is 1. The molecule has 2 aliphatic heterocycles. The monoisotopic (exact) mass is 477 g/mol. The predicted molar refractivity (Wildman–Crippen MR) is 127 cm³/mol. The maximum absolute atomic E-state index is 13.0. The molecule has 0 atom stereocenters. The van der Waals surface area contributed by atoms with Gasteiger partial charge in [-0.25, -0.2) is 13.4 Å². The first-order chi connectivity index (χ1) is 15.9. The SMILES string of the molecule is Cn1c(CCC(=O)NCCCN2CCOCC2)nc2cc(S(=O)(=O)N3CCCCC3)ccc21. The number of rotatable bonds is 9. The highest BCUT2D eigenvalue weighted by Gasteiger charge is 2.26. The molecule has 3 heterocycles. The number of imidazole rings is 1. The summed E-state index contributed by atoms with van der Waals surface area (Å²) >= 11 is 0. The van der Waals surface area contributed by atoms with Gasteiger partial charge in [-0.15, -0.1) is 0 Å². The Morgan fingerprint density at radius 1 is 1.12 bits per heavy atom. The van der Waals surface area contributed by atoms with Gasteiger partial charge in [0, 0.05) is 52.6 Å². The van der Waals surface area contributed by atoms with Crippen molar-refractivity contribution in [3.8, 4) is 0 Å². The Hall–Kier alpha value is -2.01. The second-order valence-corrected chi connectivity index (χ2v) is 10.8. The quantitative estimate of drug-likeness (QED) is 0.550. The van der Waals surface area contributed by atoms with Crippen LogP contribution in [0.2, 0.25) is 0 Å². The number of fused-ring (bicyclic) bond motifs is 1. The van der Waals surface area contributed by atoms with E-state index in [0.29, 0.717) is 42.9 Å². The third-order valence-electron chi connectivity index (χ3n) is 6.55. The van der Waals surface area contributed by atoms with Gasteiger partial charge in [0.05, 0.1) is 29.1 Å². The number of sulfonamides is 1. The van der Waals surface area contributed by atoms with Crippen molar-refractivity contribution in [2.45, 2.75) is 43.4 Å². The zero-order valence-corrected chi connectivity index (χ0v) is 20.3. The summed E-state index contributed by atoms with van der Waals surface area (Å²) < 4.78 is 34.9. The molecule has 0 radical (unpaired) electrons. The third-order valence-corrected chi connectivity index (χ3v) is 8.45. The molecule has 2 aliphatic rings. The molecule has 2 saturated heterocycles. The molecule has 10 heteroatoms. The highest BCUT2D eigenvalue weighted by Crippen LogP contribution is 2.24. The molecule has 182 valence electrons. The Morgan fingerprint density at radius 2 is 1.88 bits per heavy atom. The van der Waals surface area contributed by atoms with Crippen molar-refractivity contribution >= 4 is 27.0 Å². The predicted octanol–water partition coefficient (Wildman–Crippen LogP) is 1.52. The molecule has 4 rings (SSSR count). The molecule has 1 amide bonds. The van der Waals surface area contributed by atoms with Crippen molar-refractivity contribution in [2.24, 2.45) is 7.05 Å². The maximum atomic E-state index is 13.0. The second kappa shape index (κ2) is 10.9.